The first kappa shape index (κ1) is 10.2. The summed E-state index contributed by atoms with van der Waals surface area (Å²) in [5.74, 6) is 0.410. The average Bonchev–Trinajstić information content (AvgIpc) is 2.95. The Hall–Kier alpha value is -2.77. The highest BCUT2D eigenvalue weighted by Crippen LogP contribution is 2.23. The van der Waals surface area contributed by atoms with E-state index in [2.05, 4.69) is 25.1 Å². The molecule has 0 unspecified atom stereocenters. The first-order valence-corrected chi connectivity index (χ1v) is 5.71. The topological polar surface area (TPSA) is 93.8 Å². The van der Waals surface area contributed by atoms with Gasteiger partial charge in [-0.3, -0.25) is 14.5 Å². The number of rotatable bonds is 0. The Morgan fingerprint density at radius 2 is 2.16 bits per heavy atom. The van der Waals surface area contributed by atoms with E-state index in [0.717, 1.165) is 11.1 Å². The number of fused-ring (bicyclic) bond motifs is 5. The van der Waals surface area contributed by atoms with Crippen molar-refractivity contribution in [2.75, 3.05) is 0 Å². The van der Waals surface area contributed by atoms with Crippen molar-refractivity contribution in [3.8, 4) is 0 Å². The second kappa shape index (κ2) is 3.16. The van der Waals surface area contributed by atoms with Crippen molar-refractivity contribution in [3.05, 3.63) is 28.6 Å². The number of aryl methyl sites for hydroxylation is 2. The van der Waals surface area contributed by atoms with E-state index in [9.17, 15) is 4.79 Å². The lowest BCUT2D eigenvalue weighted by Crippen LogP contribution is -2.11. The predicted molar refractivity (Wildman–Crippen MR) is 67.9 cm³/mol. The van der Waals surface area contributed by atoms with Crippen molar-refractivity contribution in [1.82, 2.24) is 34.3 Å². The van der Waals surface area contributed by atoms with E-state index in [4.69, 9.17) is 0 Å². The molecule has 0 saturated heterocycles. The number of hydrogen-bond donors (Lipinski definition) is 1. The Balaban J connectivity index is 2.48. The molecule has 4 aromatic rings. The van der Waals surface area contributed by atoms with Crippen molar-refractivity contribution in [2.24, 2.45) is 7.05 Å². The molecule has 8 nitrogen and oxygen atoms in total. The molecular formula is C11H9N7O. The number of hydrogen-bond acceptors (Lipinski definition) is 5. The number of pyridine rings is 1. The van der Waals surface area contributed by atoms with Crippen LogP contribution in [0, 0.1) is 6.92 Å². The molecule has 4 heterocycles. The first-order valence-electron chi connectivity index (χ1n) is 5.71. The summed E-state index contributed by atoms with van der Waals surface area (Å²) < 4.78 is 3.30. The molecule has 0 bridgehead atoms. The van der Waals surface area contributed by atoms with Crippen LogP contribution in [0.2, 0.25) is 0 Å². The summed E-state index contributed by atoms with van der Waals surface area (Å²) in [6.07, 6.45) is 2.95. The molecule has 0 aliphatic carbocycles. The van der Waals surface area contributed by atoms with Crippen LogP contribution in [0.4, 0.5) is 0 Å². The van der Waals surface area contributed by atoms with E-state index >= 15 is 0 Å². The maximum atomic E-state index is 12.0. The zero-order valence-corrected chi connectivity index (χ0v) is 10.2. The number of aromatic amines is 1. The van der Waals surface area contributed by atoms with Crippen LogP contribution in [0.15, 0.2) is 17.3 Å². The van der Waals surface area contributed by atoms with Crippen LogP contribution in [0.1, 0.15) is 5.69 Å². The van der Waals surface area contributed by atoms with E-state index in [-0.39, 0.29) is 5.56 Å². The summed E-state index contributed by atoms with van der Waals surface area (Å²) in [6, 6.07) is 0. The summed E-state index contributed by atoms with van der Waals surface area (Å²) >= 11 is 0. The first-order chi connectivity index (χ1) is 9.16. The van der Waals surface area contributed by atoms with Crippen LogP contribution in [-0.2, 0) is 7.05 Å². The third-order valence-corrected chi connectivity index (χ3v) is 3.23. The minimum Gasteiger partial charge on any atom is -0.290 e. The standard InChI is InChI=1S/C11H9N7O/c1-5-7-8-6(3-12-9(7)17(2)16-5)10(19)15-11-13-4-14-18(8)11/h3-4H,1-2H3,(H,13,14,15,19). The minimum atomic E-state index is -0.229. The molecule has 0 radical (unpaired) electrons. The fraction of sp³-hybridized carbons (Fsp3) is 0.182. The van der Waals surface area contributed by atoms with Gasteiger partial charge in [-0.25, -0.2) is 4.98 Å². The second-order valence-electron chi connectivity index (χ2n) is 4.38. The molecule has 0 saturated carbocycles. The van der Waals surface area contributed by atoms with Crippen LogP contribution in [0.25, 0.3) is 27.7 Å². The van der Waals surface area contributed by atoms with Gasteiger partial charge >= 0.3 is 0 Å². The molecule has 0 aliphatic rings. The van der Waals surface area contributed by atoms with E-state index in [1.807, 2.05) is 14.0 Å². The molecule has 4 aromatic heterocycles. The van der Waals surface area contributed by atoms with Crippen molar-refractivity contribution >= 4 is 27.7 Å². The van der Waals surface area contributed by atoms with Crippen LogP contribution in [-0.4, -0.2) is 34.3 Å². The number of H-pyrrole nitrogens is 1. The van der Waals surface area contributed by atoms with Gasteiger partial charge in [0.1, 0.15) is 6.33 Å². The Labute approximate surface area is 105 Å². The summed E-state index contributed by atoms with van der Waals surface area (Å²) in [6.45, 7) is 1.88. The zero-order chi connectivity index (χ0) is 13.1. The fourth-order valence-corrected chi connectivity index (χ4v) is 2.44. The van der Waals surface area contributed by atoms with Crippen LogP contribution in [0.3, 0.4) is 0 Å². The summed E-state index contributed by atoms with van der Waals surface area (Å²) in [4.78, 5) is 23.0. The van der Waals surface area contributed by atoms with Gasteiger partial charge in [0.25, 0.3) is 5.56 Å². The maximum absolute atomic E-state index is 12.0. The smallest absolute Gasteiger partial charge is 0.261 e. The summed E-state index contributed by atoms with van der Waals surface area (Å²) in [5, 5.41) is 9.80. The van der Waals surface area contributed by atoms with E-state index in [1.165, 1.54) is 6.33 Å². The van der Waals surface area contributed by atoms with Gasteiger partial charge in [-0.2, -0.15) is 19.7 Å². The largest absolute Gasteiger partial charge is 0.290 e. The third-order valence-electron chi connectivity index (χ3n) is 3.23. The van der Waals surface area contributed by atoms with Crippen molar-refractivity contribution in [3.63, 3.8) is 0 Å². The SMILES string of the molecule is Cc1nn(C)c2ncc3c(=O)[nH]c4ncnn4c3c12. The molecule has 94 valence electrons. The van der Waals surface area contributed by atoms with Gasteiger partial charge in [0, 0.05) is 13.2 Å². The minimum absolute atomic E-state index is 0.229. The summed E-state index contributed by atoms with van der Waals surface area (Å²) in [5.41, 5.74) is 1.98. The second-order valence-corrected chi connectivity index (χ2v) is 4.38. The Bertz CT molecular complexity index is 1010. The monoisotopic (exact) mass is 255 g/mol. The van der Waals surface area contributed by atoms with E-state index < -0.39 is 0 Å². The molecule has 0 spiro atoms. The lowest BCUT2D eigenvalue weighted by Gasteiger charge is -2.02. The third kappa shape index (κ3) is 1.15. The van der Waals surface area contributed by atoms with Crippen LogP contribution >= 0.6 is 0 Å². The molecule has 0 atom stereocenters. The number of nitrogens with zero attached hydrogens (tertiary/aromatic N) is 6. The molecule has 0 fully saturated rings. The molecule has 1 N–H and O–H groups in total. The molecule has 19 heavy (non-hydrogen) atoms. The quantitative estimate of drug-likeness (QED) is 0.483. The van der Waals surface area contributed by atoms with Crippen LogP contribution < -0.4 is 5.56 Å². The van der Waals surface area contributed by atoms with Gasteiger partial charge in [-0.15, -0.1) is 0 Å². The van der Waals surface area contributed by atoms with Gasteiger partial charge < -0.3 is 0 Å². The maximum Gasteiger partial charge on any atom is 0.261 e. The average molecular weight is 255 g/mol. The van der Waals surface area contributed by atoms with Gasteiger partial charge in [-0.1, -0.05) is 0 Å². The number of aromatic nitrogens is 7. The lowest BCUT2D eigenvalue weighted by molar-refractivity contribution is 0.774. The van der Waals surface area contributed by atoms with Gasteiger partial charge in [-0.05, 0) is 6.92 Å². The lowest BCUT2D eigenvalue weighted by atomic mass is 10.2. The van der Waals surface area contributed by atoms with Gasteiger partial charge in [0.2, 0.25) is 5.78 Å². The molecule has 0 aliphatic heterocycles. The number of nitrogens with one attached hydrogen (secondary N) is 1. The molecule has 0 amide bonds. The van der Waals surface area contributed by atoms with E-state index in [1.54, 1.807) is 15.4 Å². The van der Waals surface area contributed by atoms with Crippen molar-refractivity contribution in [1.29, 1.82) is 0 Å². The molecule has 4 rings (SSSR count). The Kier molecular flexibility index (Phi) is 1.69. The van der Waals surface area contributed by atoms with Gasteiger partial charge in [0.05, 0.1) is 22.0 Å². The highest BCUT2D eigenvalue weighted by atomic mass is 16.1. The Morgan fingerprint density at radius 3 is 3.00 bits per heavy atom. The Morgan fingerprint density at radius 1 is 1.32 bits per heavy atom. The predicted octanol–water partition coefficient (Wildman–Crippen LogP) is 0.161. The normalized spacial score (nSPS) is 11.9. The van der Waals surface area contributed by atoms with Crippen molar-refractivity contribution < 1.29 is 0 Å². The highest BCUT2D eigenvalue weighted by molar-refractivity contribution is 6.03. The van der Waals surface area contributed by atoms with Crippen LogP contribution in [0.5, 0.6) is 0 Å². The van der Waals surface area contributed by atoms with Gasteiger partial charge in [0.15, 0.2) is 5.65 Å². The van der Waals surface area contributed by atoms with Crippen molar-refractivity contribution in [2.45, 2.75) is 6.92 Å². The molecule has 8 heteroatoms. The van der Waals surface area contributed by atoms with E-state index in [0.29, 0.717) is 22.3 Å². The zero-order valence-electron chi connectivity index (χ0n) is 10.2. The molecule has 0 aromatic carbocycles. The molecular weight excluding hydrogens is 246 g/mol. The highest BCUT2D eigenvalue weighted by Gasteiger charge is 2.16. The fourth-order valence-electron chi connectivity index (χ4n) is 2.44. The summed E-state index contributed by atoms with van der Waals surface area (Å²) in [7, 11) is 1.82.